The molecule has 2 N–H and O–H groups in total. The number of nitrogens with one attached hydrogen (secondary N) is 1. The number of fused-ring (bicyclic) bond motifs is 3. The van der Waals surface area contributed by atoms with Gasteiger partial charge in [-0.2, -0.15) is 0 Å². The van der Waals surface area contributed by atoms with E-state index in [1.165, 1.54) is 26.4 Å². The number of nitrogens with zero attached hydrogens (tertiary/aromatic N) is 1. The number of methoxy groups -OCH3 is 2. The molecule has 0 bridgehead atoms. The Hall–Kier alpha value is -3.14. The lowest BCUT2D eigenvalue weighted by Gasteiger charge is -2.41. The smallest absolute Gasteiger partial charge is 0.234 e. The van der Waals surface area contributed by atoms with E-state index in [4.69, 9.17) is 14.2 Å². The van der Waals surface area contributed by atoms with Gasteiger partial charge in [0.1, 0.15) is 23.1 Å². The Morgan fingerprint density at radius 3 is 2.53 bits per heavy atom. The molecule has 0 spiro atoms. The maximum absolute atomic E-state index is 14.5. The normalized spacial score (nSPS) is 25.5. The van der Waals surface area contributed by atoms with E-state index in [1.807, 2.05) is 30.3 Å². The average Bonchev–Trinajstić information content (AvgIpc) is 3.28. The summed E-state index contributed by atoms with van der Waals surface area (Å²) in [5.74, 6) is 0.0562. The maximum Gasteiger partial charge on any atom is 0.234 e. The lowest BCUT2D eigenvalue weighted by atomic mass is 9.71. The Kier molecular flexibility index (Phi) is 6.87. The van der Waals surface area contributed by atoms with Crippen LogP contribution < -0.4 is 19.5 Å². The molecule has 9 heteroatoms. The van der Waals surface area contributed by atoms with Crippen LogP contribution in [0.2, 0.25) is 0 Å². The van der Waals surface area contributed by atoms with E-state index in [9.17, 15) is 14.3 Å². The Labute approximate surface area is 229 Å². The zero-order valence-electron chi connectivity index (χ0n) is 21.6. The highest BCUT2D eigenvalue weighted by Gasteiger charge is 2.74. The van der Waals surface area contributed by atoms with E-state index in [1.54, 1.807) is 37.2 Å². The van der Waals surface area contributed by atoms with Gasteiger partial charge in [0.05, 0.1) is 32.4 Å². The van der Waals surface area contributed by atoms with Gasteiger partial charge >= 0.3 is 0 Å². The van der Waals surface area contributed by atoms with E-state index < -0.39 is 29.0 Å². The van der Waals surface area contributed by atoms with Gasteiger partial charge in [0.15, 0.2) is 11.2 Å². The van der Waals surface area contributed by atoms with Crippen molar-refractivity contribution in [1.29, 1.82) is 0 Å². The summed E-state index contributed by atoms with van der Waals surface area (Å²) in [7, 11) is 6.65. The molecule has 7 nitrogen and oxygen atoms in total. The van der Waals surface area contributed by atoms with Crippen molar-refractivity contribution >= 4 is 21.8 Å². The van der Waals surface area contributed by atoms with Gasteiger partial charge in [-0.25, -0.2) is 4.39 Å². The zero-order valence-corrected chi connectivity index (χ0v) is 23.2. The predicted molar refractivity (Wildman–Crippen MR) is 144 cm³/mol. The molecule has 38 heavy (non-hydrogen) atoms. The van der Waals surface area contributed by atoms with Crippen LogP contribution in [0.15, 0.2) is 65.1 Å². The molecule has 200 valence electrons. The van der Waals surface area contributed by atoms with E-state index in [2.05, 4.69) is 21.2 Å². The van der Waals surface area contributed by atoms with Crippen molar-refractivity contribution in [3.8, 4) is 17.2 Å². The second-order valence-corrected chi connectivity index (χ2v) is 10.9. The van der Waals surface area contributed by atoms with Crippen LogP contribution in [0.5, 0.6) is 17.2 Å². The van der Waals surface area contributed by atoms with Gasteiger partial charge in [-0.3, -0.25) is 4.79 Å². The minimum atomic E-state index is -1.77. The second kappa shape index (κ2) is 9.87. The van der Waals surface area contributed by atoms with Crippen molar-refractivity contribution in [2.24, 2.45) is 0 Å². The molecule has 0 saturated heterocycles. The number of hydrogen-bond donors (Lipinski definition) is 2. The van der Waals surface area contributed by atoms with Crippen LogP contribution in [-0.2, 0) is 16.0 Å². The summed E-state index contributed by atoms with van der Waals surface area (Å²) in [5.41, 5.74) is -1.45. The van der Waals surface area contributed by atoms with E-state index >= 15 is 0 Å². The average molecular weight is 585 g/mol. The SMILES string of the molecule is COc1cc(OC)c2c(c1)O[C@@]1(c3ccc(Br)cc3)[C@H](c3cccc(F)c3)C[C@H](NC(=O)CN(C)C)[C@@]21O. The highest BCUT2D eigenvalue weighted by atomic mass is 79.9. The molecule has 3 aromatic rings. The van der Waals surface area contributed by atoms with Crippen molar-refractivity contribution < 1.29 is 28.5 Å². The number of rotatable bonds is 7. The molecule has 0 aromatic heterocycles. The fourth-order valence-corrected chi connectivity index (χ4v) is 6.31. The number of carbonyl (C=O) groups excluding carboxylic acids is 1. The third-order valence-electron chi connectivity index (χ3n) is 7.50. The summed E-state index contributed by atoms with van der Waals surface area (Å²) < 4.78 is 33.4. The Bertz CT molecular complexity index is 1370. The number of ether oxygens (including phenoxy) is 3. The van der Waals surface area contributed by atoms with E-state index in [0.29, 0.717) is 40.4 Å². The first-order valence-corrected chi connectivity index (χ1v) is 13.1. The molecule has 3 aromatic carbocycles. The summed E-state index contributed by atoms with van der Waals surface area (Å²) in [6.07, 6.45) is 0.295. The zero-order chi connectivity index (χ0) is 27.2. The molecule has 4 atom stereocenters. The van der Waals surface area contributed by atoms with Crippen LogP contribution in [0.3, 0.4) is 0 Å². The monoisotopic (exact) mass is 584 g/mol. The Morgan fingerprint density at radius 1 is 1.16 bits per heavy atom. The Morgan fingerprint density at radius 2 is 1.89 bits per heavy atom. The molecule has 1 saturated carbocycles. The molecule has 0 radical (unpaired) electrons. The van der Waals surface area contributed by atoms with Crippen LogP contribution in [0.1, 0.15) is 29.0 Å². The van der Waals surface area contributed by atoms with Crippen LogP contribution in [0.4, 0.5) is 4.39 Å². The topological polar surface area (TPSA) is 80.3 Å². The summed E-state index contributed by atoms with van der Waals surface area (Å²) >= 11 is 3.49. The third kappa shape index (κ3) is 4.04. The number of likely N-dealkylation sites (N-methyl/N-ethyl adjacent to an activating group) is 1. The first-order valence-electron chi connectivity index (χ1n) is 12.3. The number of benzene rings is 3. The van der Waals surface area contributed by atoms with Crippen molar-refractivity contribution in [3.63, 3.8) is 0 Å². The number of halogens is 2. The minimum Gasteiger partial charge on any atom is -0.496 e. The van der Waals surface area contributed by atoms with Gasteiger partial charge < -0.3 is 29.5 Å². The molecule has 5 rings (SSSR count). The molecule has 1 aliphatic heterocycles. The molecule has 1 aliphatic carbocycles. The molecule has 0 unspecified atom stereocenters. The van der Waals surface area contributed by atoms with Gasteiger partial charge in [0.2, 0.25) is 5.91 Å². The number of amides is 1. The Balaban J connectivity index is 1.80. The molecule has 1 heterocycles. The summed E-state index contributed by atoms with van der Waals surface area (Å²) in [6, 6.07) is 16.4. The van der Waals surface area contributed by atoms with Crippen LogP contribution >= 0.6 is 15.9 Å². The number of carbonyl (C=O) groups is 1. The van der Waals surface area contributed by atoms with Crippen LogP contribution in [-0.4, -0.2) is 56.8 Å². The molecular formula is C29H30BrFN2O5. The van der Waals surface area contributed by atoms with Crippen molar-refractivity contribution in [2.45, 2.75) is 29.6 Å². The van der Waals surface area contributed by atoms with E-state index in [-0.39, 0.29) is 12.5 Å². The van der Waals surface area contributed by atoms with Crippen molar-refractivity contribution in [2.75, 3.05) is 34.9 Å². The lowest BCUT2D eigenvalue weighted by Crippen LogP contribution is -2.57. The maximum atomic E-state index is 14.5. The molecule has 1 fully saturated rings. The summed E-state index contributed by atoms with van der Waals surface area (Å²) in [6.45, 7) is 0.135. The summed E-state index contributed by atoms with van der Waals surface area (Å²) in [5, 5.41) is 16.1. The number of aliphatic hydroxyl groups is 1. The van der Waals surface area contributed by atoms with Crippen LogP contribution in [0.25, 0.3) is 0 Å². The highest BCUT2D eigenvalue weighted by Crippen LogP contribution is 2.68. The fourth-order valence-electron chi connectivity index (χ4n) is 6.04. The van der Waals surface area contributed by atoms with Gasteiger partial charge in [-0.15, -0.1) is 0 Å². The number of hydrogen-bond acceptors (Lipinski definition) is 6. The van der Waals surface area contributed by atoms with Gasteiger partial charge in [0, 0.05) is 22.5 Å². The quantitative estimate of drug-likeness (QED) is 0.431. The van der Waals surface area contributed by atoms with Crippen molar-refractivity contribution in [3.05, 3.63) is 87.6 Å². The highest BCUT2D eigenvalue weighted by molar-refractivity contribution is 9.10. The first-order chi connectivity index (χ1) is 18.1. The molecule has 1 amide bonds. The van der Waals surface area contributed by atoms with Gasteiger partial charge in [-0.1, -0.05) is 40.2 Å². The standard InChI is InChI=1S/C29H30BrFN2O5/c1-33(2)16-26(34)32-25-15-22(17-6-5-7-20(31)12-17)29(18-8-10-19(30)11-9-18)28(25,35)27-23(37-4)13-21(36-3)14-24(27)38-29/h5-14,22,25,35H,15-16H2,1-4H3,(H,32,34)/t22-,25-,28+,29-/m0/s1. The van der Waals surface area contributed by atoms with Gasteiger partial charge in [-0.05, 0) is 55.9 Å². The molecular weight excluding hydrogens is 555 g/mol. The largest absolute Gasteiger partial charge is 0.496 e. The lowest BCUT2D eigenvalue weighted by molar-refractivity contribution is -0.133. The van der Waals surface area contributed by atoms with Crippen LogP contribution in [0, 0.1) is 5.82 Å². The fraction of sp³-hybridized carbons (Fsp3) is 0.345. The molecule has 2 aliphatic rings. The first kappa shape index (κ1) is 26.5. The summed E-state index contributed by atoms with van der Waals surface area (Å²) in [4.78, 5) is 14.8. The van der Waals surface area contributed by atoms with Gasteiger partial charge in [0.25, 0.3) is 0 Å². The van der Waals surface area contributed by atoms with Crippen molar-refractivity contribution in [1.82, 2.24) is 10.2 Å². The predicted octanol–water partition coefficient (Wildman–Crippen LogP) is 4.31. The minimum absolute atomic E-state index is 0.135. The third-order valence-corrected chi connectivity index (χ3v) is 8.03. The second-order valence-electron chi connectivity index (χ2n) is 10.0. The van der Waals surface area contributed by atoms with E-state index in [0.717, 1.165) is 4.47 Å².